The standard InChI is InChI=1S/C14H21N3O4/c1-3-5-11-10-12(15-21-11)13(18)16-6-8-17(9-7-16)14(19)20-4-2/h10H,3-9H2,1-2H3. The van der Waals surface area contributed by atoms with Crippen LogP contribution in [0.1, 0.15) is 36.5 Å². The molecule has 1 fully saturated rings. The molecule has 116 valence electrons. The molecule has 2 rings (SSSR count). The van der Waals surface area contributed by atoms with Crippen LogP contribution in [0.5, 0.6) is 0 Å². The lowest BCUT2D eigenvalue weighted by atomic mass is 10.2. The zero-order valence-corrected chi connectivity index (χ0v) is 12.5. The summed E-state index contributed by atoms with van der Waals surface area (Å²) < 4.78 is 10.1. The third-order valence-electron chi connectivity index (χ3n) is 3.37. The van der Waals surface area contributed by atoms with E-state index in [9.17, 15) is 9.59 Å². The first-order valence-corrected chi connectivity index (χ1v) is 7.32. The van der Waals surface area contributed by atoms with Gasteiger partial charge in [-0.1, -0.05) is 12.1 Å². The molecule has 0 radical (unpaired) electrons. The summed E-state index contributed by atoms with van der Waals surface area (Å²) in [6, 6.07) is 1.70. The van der Waals surface area contributed by atoms with Crippen molar-refractivity contribution in [3.05, 3.63) is 17.5 Å². The molecule has 0 aromatic carbocycles. The minimum Gasteiger partial charge on any atom is -0.450 e. The topological polar surface area (TPSA) is 75.9 Å². The normalized spacial score (nSPS) is 15.1. The molecule has 0 spiro atoms. The van der Waals surface area contributed by atoms with Crippen LogP contribution in [0.3, 0.4) is 0 Å². The van der Waals surface area contributed by atoms with Crippen LogP contribution in [0.15, 0.2) is 10.6 Å². The van der Waals surface area contributed by atoms with E-state index in [-0.39, 0.29) is 12.0 Å². The van der Waals surface area contributed by atoms with Gasteiger partial charge in [0.25, 0.3) is 5.91 Å². The predicted molar refractivity (Wildman–Crippen MR) is 75.0 cm³/mol. The summed E-state index contributed by atoms with van der Waals surface area (Å²) in [5, 5.41) is 3.82. The minimum absolute atomic E-state index is 0.149. The molecule has 1 aromatic heterocycles. The number of rotatable bonds is 4. The molecule has 0 bridgehead atoms. The van der Waals surface area contributed by atoms with Gasteiger partial charge in [0.05, 0.1) is 6.61 Å². The molecule has 1 aromatic rings. The molecule has 2 amide bonds. The van der Waals surface area contributed by atoms with Gasteiger partial charge in [-0.05, 0) is 13.3 Å². The molecular weight excluding hydrogens is 274 g/mol. The highest BCUT2D eigenvalue weighted by Gasteiger charge is 2.27. The monoisotopic (exact) mass is 295 g/mol. The van der Waals surface area contributed by atoms with Crippen LogP contribution in [0, 0.1) is 0 Å². The van der Waals surface area contributed by atoms with Crippen molar-refractivity contribution < 1.29 is 18.8 Å². The van der Waals surface area contributed by atoms with Crippen molar-refractivity contribution in [2.24, 2.45) is 0 Å². The summed E-state index contributed by atoms with van der Waals surface area (Å²) >= 11 is 0. The Hall–Kier alpha value is -2.05. The van der Waals surface area contributed by atoms with Gasteiger partial charge < -0.3 is 19.1 Å². The van der Waals surface area contributed by atoms with Gasteiger partial charge in [-0.25, -0.2) is 4.79 Å². The van der Waals surface area contributed by atoms with Gasteiger partial charge in [-0.2, -0.15) is 0 Å². The third kappa shape index (κ3) is 3.74. The second kappa shape index (κ2) is 7.10. The highest BCUT2D eigenvalue weighted by molar-refractivity contribution is 5.92. The van der Waals surface area contributed by atoms with E-state index in [1.807, 2.05) is 6.92 Å². The quantitative estimate of drug-likeness (QED) is 0.842. The number of aryl methyl sites for hydroxylation is 1. The van der Waals surface area contributed by atoms with Crippen molar-refractivity contribution in [2.45, 2.75) is 26.7 Å². The van der Waals surface area contributed by atoms with Gasteiger partial charge in [-0.3, -0.25) is 4.79 Å². The van der Waals surface area contributed by atoms with E-state index < -0.39 is 0 Å². The van der Waals surface area contributed by atoms with Crippen LogP contribution in [-0.2, 0) is 11.2 Å². The van der Waals surface area contributed by atoms with Crippen LogP contribution in [0.4, 0.5) is 4.79 Å². The second-order valence-corrected chi connectivity index (χ2v) is 4.91. The molecule has 1 aliphatic heterocycles. The number of nitrogens with zero attached hydrogens (tertiary/aromatic N) is 3. The first-order chi connectivity index (χ1) is 10.2. The molecule has 21 heavy (non-hydrogen) atoms. The Labute approximate surface area is 123 Å². The number of amides is 2. The predicted octanol–water partition coefficient (Wildman–Crippen LogP) is 1.54. The van der Waals surface area contributed by atoms with Crippen molar-refractivity contribution in [3.63, 3.8) is 0 Å². The molecule has 7 nitrogen and oxygen atoms in total. The van der Waals surface area contributed by atoms with Crippen LogP contribution >= 0.6 is 0 Å². The Kier molecular flexibility index (Phi) is 5.19. The Morgan fingerprint density at radius 3 is 2.52 bits per heavy atom. The maximum absolute atomic E-state index is 12.3. The van der Waals surface area contributed by atoms with Crippen LogP contribution in [0.25, 0.3) is 0 Å². The van der Waals surface area contributed by atoms with Crippen molar-refractivity contribution in [2.75, 3.05) is 32.8 Å². The molecule has 0 unspecified atom stereocenters. The van der Waals surface area contributed by atoms with Gasteiger partial charge in [0, 0.05) is 38.7 Å². The van der Waals surface area contributed by atoms with Gasteiger partial charge in [0.2, 0.25) is 0 Å². The maximum atomic E-state index is 12.3. The fourth-order valence-corrected chi connectivity index (χ4v) is 2.25. The smallest absolute Gasteiger partial charge is 0.409 e. The molecule has 1 aliphatic rings. The highest BCUT2D eigenvalue weighted by atomic mass is 16.6. The van der Waals surface area contributed by atoms with Crippen LogP contribution in [0.2, 0.25) is 0 Å². The zero-order valence-electron chi connectivity index (χ0n) is 12.5. The molecule has 0 atom stereocenters. The van der Waals surface area contributed by atoms with Crippen molar-refractivity contribution in [3.8, 4) is 0 Å². The third-order valence-corrected chi connectivity index (χ3v) is 3.37. The van der Waals surface area contributed by atoms with E-state index in [1.165, 1.54) is 0 Å². The Morgan fingerprint density at radius 2 is 1.90 bits per heavy atom. The number of hydrogen-bond donors (Lipinski definition) is 0. The molecule has 0 N–H and O–H groups in total. The summed E-state index contributed by atoms with van der Waals surface area (Å²) in [4.78, 5) is 27.2. The molecule has 0 saturated carbocycles. The Balaban J connectivity index is 1.89. The van der Waals surface area contributed by atoms with Crippen molar-refractivity contribution in [1.82, 2.24) is 15.0 Å². The van der Waals surface area contributed by atoms with Crippen LogP contribution < -0.4 is 0 Å². The van der Waals surface area contributed by atoms with E-state index in [4.69, 9.17) is 9.26 Å². The molecule has 7 heteroatoms. The summed E-state index contributed by atoms with van der Waals surface area (Å²) in [6.45, 7) is 6.08. The van der Waals surface area contributed by atoms with E-state index in [0.29, 0.717) is 38.5 Å². The lowest BCUT2D eigenvalue weighted by Crippen LogP contribution is -2.50. The highest BCUT2D eigenvalue weighted by Crippen LogP contribution is 2.11. The Morgan fingerprint density at radius 1 is 1.24 bits per heavy atom. The average molecular weight is 295 g/mol. The molecular formula is C14H21N3O4. The molecule has 1 saturated heterocycles. The van der Waals surface area contributed by atoms with E-state index in [1.54, 1.807) is 22.8 Å². The summed E-state index contributed by atoms with van der Waals surface area (Å²) in [7, 11) is 0. The van der Waals surface area contributed by atoms with E-state index in [0.717, 1.165) is 18.6 Å². The number of ether oxygens (including phenoxy) is 1. The lowest BCUT2D eigenvalue weighted by Gasteiger charge is -2.33. The lowest BCUT2D eigenvalue weighted by molar-refractivity contribution is 0.0562. The summed E-state index contributed by atoms with van der Waals surface area (Å²) in [6.07, 6.45) is 1.40. The van der Waals surface area contributed by atoms with Gasteiger partial charge >= 0.3 is 6.09 Å². The number of carbonyl (C=O) groups is 2. The molecule has 2 heterocycles. The number of hydrogen-bond acceptors (Lipinski definition) is 5. The fourth-order valence-electron chi connectivity index (χ4n) is 2.25. The average Bonchev–Trinajstić information content (AvgIpc) is 2.96. The number of piperazine rings is 1. The first-order valence-electron chi connectivity index (χ1n) is 7.32. The number of aromatic nitrogens is 1. The van der Waals surface area contributed by atoms with E-state index in [2.05, 4.69) is 5.16 Å². The van der Waals surface area contributed by atoms with Gasteiger partial charge in [0.1, 0.15) is 5.76 Å². The first kappa shape index (κ1) is 15.3. The number of carbonyl (C=O) groups excluding carboxylic acids is 2. The second-order valence-electron chi connectivity index (χ2n) is 4.91. The zero-order chi connectivity index (χ0) is 15.2. The SMILES string of the molecule is CCCc1cc(C(=O)N2CCN(C(=O)OCC)CC2)no1. The fraction of sp³-hybridized carbons (Fsp3) is 0.643. The van der Waals surface area contributed by atoms with Crippen molar-refractivity contribution in [1.29, 1.82) is 0 Å². The summed E-state index contributed by atoms with van der Waals surface area (Å²) in [5.41, 5.74) is 0.336. The van der Waals surface area contributed by atoms with Crippen molar-refractivity contribution >= 4 is 12.0 Å². The molecule has 0 aliphatic carbocycles. The largest absolute Gasteiger partial charge is 0.450 e. The van der Waals surface area contributed by atoms with Gasteiger partial charge in [-0.15, -0.1) is 0 Å². The Bertz CT molecular complexity index is 492. The summed E-state index contributed by atoms with van der Waals surface area (Å²) in [5.74, 6) is 0.579. The van der Waals surface area contributed by atoms with Gasteiger partial charge in [0.15, 0.2) is 5.69 Å². The van der Waals surface area contributed by atoms with E-state index >= 15 is 0 Å². The van der Waals surface area contributed by atoms with Crippen LogP contribution in [-0.4, -0.2) is 59.7 Å². The minimum atomic E-state index is -0.323. The maximum Gasteiger partial charge on any atom is 0.409 e.